The lowest BCUT2D eigenvalue weighted by atomic mass is 10.3. The van der Waals surface area contributed by atoms with Gasteiger partial charge in [0.05, 0.1) is 18.8 Å². The molecule has 118 valence electrons. The zero-order valence-electron chi connectivity index (χ0n) is 12.2. The van der Waals surface area contributed by atoms with E-state index in [1.165, 1.54) is 5.56 Å². The summed E-state index contributed by atoms with van der Waals surface area (Å²) < 4.78 is 2.04. The van der Waals surface area contributed by atoms with E-state index in [0.29, 0.717) is 13.1 Å². The third kappa shape index (κ3) is 4.43. The summed E-state index contributed by atoms with van der Waals surface area (Å²) in [7, 11) is 0. The van der Waals surface area contributed by atoms with Gasteiger partial charge in [-0.2, -0.15) is 11.3 Å². The molecule has 5 nitrogen and oxygen atoms in total. The molecule has 3 heterocycles. The Bertz CT molecular complexity index is 688. The molecule has 0 saturated carbocycles. The van der Waals surface area contributed by atoms with Gasteiger partial charge in [-0.1, -0.05) is 0 Å². The standard InChI is InChI=1S/C14H17N5S2.HI/c1-2-15-13(16-7-11-3-5-20-10-11)17-8-12-9-19-4-6-21-14(19)18-12;/h3-6,9-10H,2,7-8H2,1H3,(H2,15,16,17);1H. The SMILES string of the molecule is CCNC(=NCc1ccsc1)NCc1cn2ccsc2n1.I. The molecule has 8 heteroatoms. The van der Waals surface area contributed by atoms with E-state index < -0.39 is 0 Å². The van der Waals surface area contributed by atoms with E-state index in [0.717, 1.165) is 23.2 Å². The number of rotatable bonds is 5. The van der Waals surface area contributed by atoms with E-state index in [9.17, 15) is 0 Å². The van der Waals surface area contributed by atoms with Crippen LogP contribution in [0.4, 0.5) is 0 Å². The van der Waals surface area contributed by atoms with E-state index in [-0.39, 0.29) is 24.0 Å². The fourth-order valence-corrected chi connectivity index (χ4v) is 3.31. The molecule has 0 aromatic carbocycles. The molecule has 3 rings (SSSR count). The van der Waals surface area contributed by atoms with Gasteiger partial charge < -0.3 is 10.6 Å². The molecule has 0 fully saturated rings. The maximum absolute atomic E-state index is 4.58. The fourth-order valence-electron chi connectivity index (χ4n) is 1.93. The van der Waals surface area contributed by atoms with Crippen molar-refractivity contribution in [2.24, 2.45) is 4.99 Å². The maximum atomic E-state index is 4.58. The first-order valence-corrected chi connectivity index (χ1v) is 8.61. The summed E-state index contributed by atoms with van der Waals surface area (Å²) in [6.45, 7) is 4.27. The Morgan fingerprint density at radius 1 is 1.36 bits per heavy atom. The zero-order chi connectivity index (χ0) is 14.5. The van der Waals surface area contributed by atoms with Crippen molar-refractivity contribution in [2.75, 3.05) is 6.54 Å². The van der Waals surface area contributed by atoms with Crippen LogP contribution in [0.1, 0.15) is 18.2 Å². The number of guanidine groups is 1. The van der Waals surface area contributed by atoms with Crippen molar-refractivity contribution < 1.29 is 0 Å². The molecule has 0 bridgehead atoms. The third-order valence-corrected chi connectivity index (χ3v) is 4.43. The average Bonchev–Trinajstić information content (AvgIpc) is 3.18. The predicted octanol–water partition coefficient (Wildman–Crippen LogP) is 3.33. The van der Waals surface area contributed by atoms with E-state index in [2.05, 4.69) is 44.4 Å². The Morgan fingerprint density at radius 3 is 3.00 bits per heavy atom. The molecule has 3 aromatic rings. The van der Waals surface area contributed by atoms with Crippen molar-refractivity contribution in [2.45, 2.75) is 20.0 Å². The van der Waals surface area contributed by atoms with Crippen molar-refractivity contribution in [1.82, 2.24) is 20.0 Å². The first kappa shape index (κ1) is 17.2. The number of aromatic nitrogens is 2. The number of fused-ring (bicyclic) bond motifs is 1. The van der Waals surface area contributed by atoms with Gasteiger partial charge in [-0.15, -0.1) is 35.3 Å². The highest BCUT2D eigenvalue weighted by molar-refractivity contribution is 14.0. The van der Waals surface area contributed by atoms with Gasteiger partial charge in [0, 0.05) is 24.3 Å². The van der Waals surface area contributed by atoms with E-state index in [1.807, 2.05) is 22.2 Å². The molecule has 0 amide bonds. The first-order valence-electron chi connectivity index (χ1n) is 6.79. The minimum atomic E-state index is 0. The molecule has 3 aromatic heterocycles. The van der Waals surface area contributed by atoms with Crippen molar-refractivity contribution in [3.05, 3.63) is 45.9 Å². The molecule has 2 N–H and O–H groups in total. The number of aliphatic imine (C=N–C) groups is 1. The van der Waals surface area contributed by atoms with E-state index in [1.54, 1.807) is 22.7 Å². The monoisotopic (exact) mass is 447 g/mol. The second kappa shape index (κ2) is 8.49. The molecule has 0 aliphatic heterocycles. The van der Waals surface area contributed by atoms with E-state index in [4.69, 9.17) is 0 Å². The van der Waals surface area contributed by atoms with Crippen molar-refractivity contribution in [1.29, 1.82) is 0 Å². The number of hydrogen-bond donors (Lipinski definition) is 2. The van der Waals surface area contributed by atoms with Gasteiger partial charge in [-0.25, -0.2) is 9.98 Å². The molecular formula is C14H18IN5S2. The quantitative estimate of drug-likeness (QED) is 0.359. The lowest BCUT2D eigenvalue weighted by Crippen LogP contribution is -2.36. The summed E-state index contributed by atoms with van der Waals surface area (Å²) in [5, 5.41) is 12.8. The molecule has 0 spiro atoms. The molecule has 22 heavy (non-hydrogen) atoms. The van der Waals surface area contributed by atoms with Crippen LogP contribution in [0.15, 0.2) is 39.6 Å². The second-order valence-electron chi connectivity index (χ2n) is 4.51. The Hall–Kier alpha value is -1.13. The summed E-state index contributed by atoms with van der Waals surface area (Å²) >= 11 is 3.34. The zero-order valence-corrected chi connectivity index (χ0v) is 16.1. The van der Waals surface area contributed by atoms with Gasteiger partial charge in [-0.3, -0.25) is 4.40 Å². The van der Waals surface area contributed by atoms with Crippen LogP contribution in [0.2, 0.25) is 0 Å². The summed E-state index contributed by atoms with van der Waals surface area (Å²) in [4.78, 5) is 10.2. The average molecular weight is 447 g/mol. The van der Waals surface area contributed by atoms with Gasteiger partial charge in [0.25, 0.3) is 0 Å². The molecule has 0 aliphatic rings. The van der Waals surface area contributed by atoms with Gasteiger partial charge >= 0.3 is 0 Å². The van der Waals surface area contributed by atoms with Crippen LogP contribution in [0.25, 0.3) is 4.96 Å². The lowest BCUT2D eigenvalue weighted by molar-refractivity contribution is 0.804. The molecular weight excluding hydrogens is 429 g/mol. The van der Waals surface area contributed by atoms with E-state index >= 15 is 0 Å². The Balaban J connectivity index is 0.00000176. The lowest BCUT2D eigenvalue weighted by Gasteiger charge is -2.09. The van der Waals surface area contributed by atoms with Gasteiger partial charge in [0.2, 0.25) is 0 Å². The number of thiophene rings is 1. The van der Waals surface area contributed by atoms with Crippen LogP contribution in [-0.2, 0) is 13.1 Å². The summed E-state index contributed by atoms with van der Waals surface area (Å²) in [6.07, 6.45) is 4.06. The molecule has 0 radical (unpaired) electrons. The molecule has 0 atom stereocenters. The normalized spacial score (nSPS) is 11.4. The highest BCUT2D eigenvalue weighted by atomic mass is 127. The highest BCUT2D eigenvalue weighted by Crippen LogP contribution is 2.11. The first-order chi connectivity index (χ1) is 10.3. The van der Waals surface area contributed by atoms with Crippen molar-refractivity contribution >= 4 is 57.6 Å². The minimum Gasteiger partial charge on any atom is -0.357 e. The van der Waals surface area contributed by atoms with Crippen LogP contribution in [0.3, 0.4) is 0 Å². The van der Waals surface area contributed by atoms with Crippen LogP contribution >= 0.6 is 46.7 Å². The molecule has 0 saturated heterocycles. The maximum Gasteiger partial charge on any atom is 0.193 e. The fraction of sp³-hybridized carbons (Fsp3) is 0.286. The van der Waals surface area contributed by atoms with Crippen LogP contribution in [0, 0.1) is 0 Å². The van der Waals surface area contributed by atoms with Crippen LogP contribution in [-0.4, -0.2) is 21.9 Å². The third-order valence-electron chi connectivity index (χ3n) is 2.92. The van der Waals surface area contributed by atoms with Gasteiger partial charge in [0.15, 0.2) is 10.9 Å². The number of thiazole rings is 1. The Kier molecular flexibility index (Phi) is 6.65. The van der Waals surface area contributed by atoms with Gasteiger partial charge in [0.1, 0.15) is 0 Å². The van der Waals surface area contributed by atoms with Crippen molar-refractivity contribution in [3.63, 3.8) is 0 Å². The van der Waals surface area contributed by atoms with Crippen LogP contribution < -0.4 is 10.6 Å². The smallest absolute Gasteiger partial charge is 0.193 e. The van der Waals surface area contributed by atoms with Crippen molar-refractivity contribution in [3.8, 4) is 0 Å². The Labute approximate surface area is 154 Å². The number of imidazole rings is 1. The summed E-state index contributed by atoms with van der Waals surface area (Å²) in [6, 6.07) is 2.10. The number of hydrogen-bond acceptors (Lipinski definition) is 4. The highest BCUT2D eigenvalue weighted by Gasteiger charge is 2.04. The number of nitrogens with zero attached hydrogens (tertiary/aromatic N) is 3. The second-order valence-corrected chi connectivity index (χ2v) is 6.16. The largest absolute Gasteiger partial charge is 0.357 e. The molecule has 0 aliphatic carbocycles. The topological polar surface area (TPSA) is 53.7 Å². The number of nitrogens with one attached hydrogen (secondary N) is 2. The Morgan fingerprint density at radius 2 is 2.27 bits per heavy atom. The summed E-state index contributed by atoms with van der Waals surface area (Å²) in [5.74, 6) is 0.819. The summed E-state index contributed by atoms with van der Waals surface area (Å²) in [5.41, 5.74) is 2.25. The molecule has 0 unspecified atom stereocenters. The minimum absolute atomic E-state index is 0. The number of halogens is 1. The predicted molar refractivity (Wildman–Crippen MR) is 104 cm³/mol. The van der Waals surface area contributed by atoms with Crippen LogP contribution in [0.5, 0.6) is 0 Å². The van der Waals surface area contributed by atoms with Gasteiger partial charge in [-0.05, 0) is 29.3 Å².